The molecule has 0 N–H and O–H groups in total. The molecule has 0 atom stereocenters. The first-order valence-corrected chi connectivity index (χ1v) is 5.06. The van der Waals surface area contributed by atoms with Crippen molar-refractivity contribution >= 4 is 17.7 Å². The maximum Gasteiger partial charge on any atom is 0.0609 e. The highest BCUT2D eigenvalue weighted by Crippen LogP contribution is 2.07. The number of rotatable bonds is 4. The molecule has 1 heterocycles. The topological polar surface area (TPSA) is 17.8 Å². The number of aryl methyl sites for hydroxylation is 1. The van der Waals surface area contributed by atoms with Crippen LogP contribution in [0.25, 0.3) is 6.08 Å². The third kappa shape index (κ3) is 2.88. The molecule has 0 amide bonds. The Morgan fingerprint density at radius 2 is 2.46 bits per heavy atom. The van der Waals surface area contributed by atoms with Crippen LogP contribution in [0.15, 0.2) is 17.8 Å². The molecule has 0 aliphatic rings. The van der Waals surface area contributed by atoms with Crippen LogP contribution in [-0.2, 0) is 6.54 Å². The zero-order valence-electron chi connectivity index (χ0n) is 8.13. The van der Waals surface area contributed by atoms with Gasteiger partial charge < -0.3 is 0 Å². The van der Waals surface area contributed by atoms with Crippen LogP contribution >= 0.6 is 11.6 Å². The normalized spacial score (nSPS) is 12.1. The summed E-state index contributed by atoms with van der Waals surface area (Å²) in [5, 5.41) is 4.22. The highest BCUT2D eigenvalue weighted by atomic mass is 35.5. The molecule has 1 aromatic rings. The third-order valence-electron chi connectivity index (χ3n) is 1.79. The van der Waals surface area contributed by atoms with Gasteiger partial charge in [0.25, 0.3) is 0 Å². The molecule has 0 spiro atoms. The second kappa shape index (κ2) is 5.07. The van der Waals surface area contributed by atoms with Gasteiger partial charge in [0.05, 0.1) is 5.69 Å². The van der Waals surface area contributed by atoms with Crippen molar-refractivity contribution in [1.82, 2.24) is 9.78 Å². The molecule has 0 saturated carbocycles. The standard InChI is InChI=1S/C10H15ClN2/c1-3-6-13-10(4-5-12-13)7-9(2)8-11/h4-5,7H,3,6,8H2,1-2H3/b9-7-. The molecule has 72 valence electrons. The maximum absolute atomic E-state index is 5.70. The summed E-state index contributed by atoms with van der Waals surface area (Å²) in [6.45, 7) is 5.13. The van der Waals surface area contributed by atoms with Crippen LogP contribution in [-0.4, -0.2) is 15.7 Å². The summed E-state index contributed by atoms with van der Waals surface area (Å²) < 4.78 is 2.00. The van der Waals surface area contributed by atoms with E-state index in [0.717, 1.165) is 18.7 Å². The van der Waals surface area contributed by atoms with Gasteiger partial charge in [-0.1, -0.05) is 12.5 Å². The van der Waals surface area contributed by atoms with Gasteiger partial charge >= 0.3 is 0 Å². The van der Waals surface area contributed by atoms with E-state index < -0.39 is 0 Å². The predicted octanol–water partition coefficient (Wildman–Crippen LogP) is 2.94. The van der Waals surface area contributed by atoms with E-state index in [-0.39, 0.29) is 0 Å². The van der Waals surface area contributed by atoms with E-state index in [2.05, 4.69) is 18.1 Å². The van der Waals surface area contributed by atoms with Crippen LogP contribution in [0, 0.1) is 0 Å². The van der Waals surface area contributed by atoms with Crippen molar-refractivity contribution in [3.8, 4) is 0 Å². The summed E-state index contributed by atoms with van der Waals surface area (Å²) in [5.74, 6) is 0.581. The molecule has 0 unspecified atom stereocenters. The first-order chi connectivity index (χ1) is 6.27. The smallest absolute Gasteiger partial charge is 0.0609 e. The van der Waals surface area contributed by atoms with Crippen LogP contribution in [0.5, 0.6) is 0 Å². The second-order valence-corrected chi connectivity index (χ2v) is 3.37. The molecule has 0 aliphatic carbocycles. The highest BCUT2D eigenvalue weighted by molar-refractivity contribution is 6.19. The predicted molar refractivity (Wildman–Crippen MR) is 56.9 cm³/mol. The fourth-order valence-electron chi connectivity index (χ4n) is 1.16. The average Bonchev–Trinajstić information content (AvgIpc) is 2.54. The minimum atomic E-state index is 0.581. The summed E-state index contributed by atoms with van der Waals surface area (Å²) in [4.78, 5) is 0. The number of alkyl halides is 1. The molecule has 0 fully saturated rings. The van der Waals surface area contributed by atoms with Crippen LogP contribution in [0.4, 0.5) is 0 Å². The molecule has 2 nitrogen and oxygen atoms in total. The summed E-state index contributed by atoms with van der Waals surface area (Å²) in [5.41, 5.74) is 2.31. The molecular formula is C10H15ClN2. The SMILES string of the molecule is CCCn1nccc1/C=C(/C)CCl. The molecule has 0 bridgehead atoms. The molecular weight excluding hydrogens is 184 g/mol. The lowest BCUT2D eigenvalue weighted by Crippen LogP contribution is -2.01. The molecule has 0 saturated heterocycles. The van der Waals surface area contributed by atoms with E-state index >= 15 is 0 Å². The fourth-order valence-corrected chi connectivity index (χ4v) is 1.23. The van der Waals surface area contributed by atoms with Crippen molar-refractivity contribution in [1.29, 1.82) is 0 Å². The van der Waals surface area contributed by atoms with Crippen molar-refractivity contribution in [3.05, 3.63) is 23.5 Å². The Morgan fingerprint density at radius 1 is 1.69 bits per heavy atom. The van der Waals surface area contributed by atoms with E-state index in [1.165, 1.54) is 5.57 Å². The van der Waals surface area contributed by atoms with Crippen molar-refractivity contribution in [2.45, 2.75) is 26.8 Å². The molecule has 0 aliphatic heterocycles. The summed E-state index contributed by atoms with van der Waals surface area (Å²) in [7, 11) is 0. The maximum atomic E-state index is 5.70. The number of hydrogen-bond acceptors (Lipinski definition) is 1. The van der Waals surface area contributed by atoms with Crippen LogP contribution in [0.1, 0.15) is 26.0 Å². The number of halogens is 1. The van der Waals surface area contributed by atoms with Crippen molar-refractivity contribution < 1.29 is 0 Å². The van der Waals surface area contributed by atoms with E-state index in [1.807, 2.05) is 23.9 Å². The number of hydrogen-bond donors (Lipinski definition) is 0. The van der Waals surface area contributed by atoms with Crippen molar-refractivity contribution in [2.75, 3.05) is 5.88 Å². The summed E-state index contributed by atoms with van der Waals surface area (Å²) in [6, 6.07) is 2.01. The summed E-state index contributed by atoms with van der Waals surface area (Å²) in [6.07, 6.45) is 5.00. The van der Waals surface area contributed by atoms with Gasteiger partial charge in [-0.15, -0.1) is 11.6 Å². The van der Waals surface area contributed by atoms with Gasteiger partial charge in [-0.05, 0) is 25.5 Å². The highest BCUT2D eigenvalue weighted by Gasteiger charge is 1.97. The minimum Gasteiger partial charge on any atom is -0.266 e. The van der Waals surface area contributed by atoms with Gasteiger partial charge in [-0.3, -0.25) is 4.68 Å². The molecule has 0 aromatic carbocycles. The Balaban J connectivity index is 2.81. The number of allylic oxidation sites excluding steroid dienone is 1. The van der Waals surface area contributed by atoms with Crippen LogP contribution < -0.4 is 0 Å². The zero-order chi connectivity index (χ0) is 9.68. The summed E-state index contributed by atoms with van der Waals surface area (Å²) >= 11 is 5.70. The van der Waals surface area contributed by atoms with E-state index in [1.54, 1.807) is 0 Å². The second-order valence-electron chi connectivity index (χ2n) is 3.10. The Hall–Kier alpha value is -0.760. The molecule has 0 radical (unpaired) electrons. The Labute approximate surface area is 84.2 Å². The Morgan fingerprint density at radius 3 is 3.08 bits per heavy atom. The first-order valence-electron chi connectivity index (χ1n) is 4.53. The fraction of sp³-hybridized carbons (Fsp3) is 0.500. The number of aromatic nitrogens is 2. The van der Waals surface area contributed by atoms with Crippen LogP contribution in [0.2, 0.25) is 0 Å². The quantitative estimate of drug-likeness (QED) is 0.681. The van der Waals surface area contributed by atoms with Gasteiger partial charge in [0.2, 0.25) is 0 Å². The first kappa shape index (κ1) is 10.3. The van der Waals surface area contributed by atoms with Gasteiger partial charge in [-0.2, -0.15) is 5.10 Å². The monoisotopic (exact) mass is 198 g/mol. The van der Waals surface area contributed by atoms with Gasteiger partial charge in [0.15, 0.2) is 0 Å². The lowest BCUT2D eigenvalue weighted by atomic mass is 10.2. The Bertz CT molecular complexity index is 289. The zero-order valence-corrected chi connectivity index (χ0v) is 8.88. The lowest BCUT2D eigenvalue weighted by Gasteiger charge is -2.02. The molecule has 13 heavy (non-hydrogen) atoms. The van der Waals surface area contributed by atoms with Gasteiger partial charge in [-0.25, -0.2) is 0 Å². The van der Waals surface area contributed by atoms with E-state index in [9.17, 15) is 0 Å². The van der Waals surface area contributed by atoms with Crippen molar-refractivity contribution in [2.24, 2.45) is 0 Å². The van der Waals surface area contributed by atoms with E-state index in [4.69, 9.17) is 11.6 Å². The molecule has 1 aromatic heterocycles. The largest absolute Gasteiger partial charge is 0.266 e. The Kier molecular flexibility index (Phi) is 4.03. The van der Waals surface area contributed by atoms with Crippen molar-refractivity contribution in [3.63, 3.8) is 0 Å². The molecule has 1 rings (SSSR count). The number of nitrogens with zero attached hydrogens (tertiary/aromatic N) is 2. The minimum absolute atomic E-state index is 0.581. The van der Waals surface area contributed by atoms with E-state index in [0.29, 0.717) is 5.88 Å². The van der Waals surface area contributed by atoms with Gasteiger partial charge in [0, 0.05) is 18.6 Å². The third-order valence-corrected chi connectivity index (χ3v) is 2.21. The lowest BCUT2D eigenvalue weighted by molar-refractivity contribution is 0.598. The van der Waals surface area contributed by atoms with Crippen LogP contribution in [0.3, 0.4) is 0 Å². The average molecular weight is 199 g/mol. The van der Waals surface area contributed by atoms with Gasteiger partial charge in [0.1, 0.15) is 0 Å². The molecule has 3 heteroatoms.